The Morgan fingerprint density at radius 1 is 1.29 bits per heavy atom. The zero-order valence-electron chi connectivity index (χ0n) is 7.85. The van der Waals surface area contributed by atoms with Crippen molar-refractivity contribution >= 4 is 5.82 Å². The Kier molecular flexibility index (Phi) is 1.88. The van der Waals surface area contributed by atoms with Crippen LogP contribution in [0, 0.1) is 13.8 Å². The van der Waals surface area contributed by atoms with Gasteiger partial charge in [-0.15, -0.1) is 0 Å². The van der Waals surface area contributed by atoms with E-state index in [1.165, 1.54) is 0 Å². The van der Waals surface area contributed by atoms with Crippen LogP contribution in [-0.4, -0.2) is 20.1 Å². The van der Waals surface area contributed by atoms with E-state index in [2.05, 4.69) is 20.1 Å². The van der Waals surface area contributed by atoms with Gasteiger partial charge in [0.2, 0.25) is 11.7 Å². The minimum Gasteiger partial charge on any atom is -0.382 e. The average Bonchev–Trinajstić information content (AvgIpc) is 2.56. The molecule has 2 N–H and O–H groups in total. The number of aryl methyl sites for hydroxylation is 2. The van der Waals surface area contributed by atoms with Crippen LogP contribution < -0.4 is 5.73 Å². The highest BCUT2D eigenvalue weighted by Crippen LogP contribution is 2.18. The van der Waals surface area contributed by atoms with Crippen LogP contribution in [0.3, 0.4) is 0 Å². The van der Waals surface area contributed by atoms with Crippen LogP contribution in [0.5, 0.6) is 0 Å². The highest BCUT2D eigenvalue weighted by molar-refractivity contribution is 5.62. The second-order valence-electron chi connectivity index (χ2n) is 2.88. The molecule has 0 aliphatic carbocycles. The largest absolute Gasteiger partial charge is 0.382 e. The summed E-state index contributed by atoms with van der Waals surface area (Å²) < 4.78 is 4.83. The molecule has 0 unspecified atom stereocenters. The van der Waals surface area contributed by atoms with Gasteiger partial charge in [0, 0.05) is 6.92 Å². The SMILES string of the molecule is Cc1cnc(N)c(-c2noc(C)n2)n1. The molecule has 6 nitrogen and oxygen atoms in total. The molecule has 2 aromatic heterocycles. The van der Waals surface area contributed by atoms with Gasteiger partial charge in [0.25, 0.3) is 0 Å². The molecular weight excluding hydrogens is 182 g/mol. The Labute approximate surface area is 80.2 Å². The lowest BCUT2D eigenvalue weighted by molar-refractivity contribution is 0.394. The van der Waals surface area contributed by atoms with Crippen LogP contribution >= 0.6 is 0 Å². The normalized spacial score (nSPS) is 10.4. The second kappa shape index (κ2) is 3.06. The van der Waals surface area contributed by atoms with Crippen molar-refractivity contribution in [1.29, 1.82) is 0 Å². The fourth-order valence-corrected chi connectivity index (χ4v) is 1.05. The fraction of sp³-hybridized carbons (Fsp3) is 0.250. The van der Waals surface area contributed by atoms with Crippen LogP contribution in [0.25, 0.3) is 11.5 Å². The van der Waals surface area contributed by atoms with Gasteiger partial charge >= 0.3 is 0 Å². The third-order valence-electron chi connectivity index (χ3n) is 1.66. The highest BCUT2D eigenvalue weighted by atomic mass is 16.5. The number of aromatic nitrogens is 4. The van der Waals surface area contributed by atoms with E-state index in [1.807, 2.05) is 6.92 Å². The Hall–Kier alpha value is -1.98. The number of nitrogen functional groups attached to an aromatic ring is 1. The van der Waals surface area contributed by atoms with Crippen LogP contribution in [0.1, 0.15) is 11.6 Å². The highest BCUT2D eigenvalue weighted by Gasteiger charge is 2.11. The van der Waals surface area contributed by atoms with E-state index in [1.54, 1.807) is 13.1 Å². The van der Waals surface area contributed by atoms with Gasteiger partial charge in [-0.25, -0.2) is 9.97 Å². The van der Waals surface area contributed by atoms with Crippen molar-refractivity contribution in [2.75, 3.05) is 5.73 Å². The first-order valence-electron chi connectivity index (χ1n) is 4.06. The molecule has 2 aromatic rings. The van der Waals surface area contributed by atoms with Crippen LogP contribution in [0.2, 0.25) is 0 Å². The first-order valence-corrected chi connectivity index (χ1v) is 4.06. The molecule has 0 saturated carbocycles. The third kappa shape index (κ3) is 1.41. The molecule has 0 bridgehead atoms. The summed E-state index contributed by atoms with van der Waals surface area (Å²) in [5, 5.41) is 3.72. The number of hydrogen-bond donors (Lipinski definition) is 1. The van der Waals surface area contributed by atoms with Crippen molar-refractivity contribution in [2.24, 2.45) is 0 Å². The van der Waals surface area contributed by atoms with E-state index < -0.39 is 0 Å². The van der Waals surface area contributed by atoms with E-state index in [-0.39, 0.29) is 0 Å². The second-order valence-corrected chi connectivity index (χ2v) is 2.88. The molecule has 0 fully saturated rings. The van der Waals surface area contributed by atoms with E-state index >= 15 is 0 Å². The molecule has 2 heterocycles. The van der Waals surface area contributed by atoms with Crippen LogP contribution in [0.4, 0.5) is 5.82 Å². The summed E-state index contributed by atoms with van der Waals surface area (Å²) in [6.45, 7) is 3.53. The molecule has 0 atom stereocenters. The summed E-state index contributed by atoms with van der Waals surface area (Å²) in [5.74, 6) is 1.15. The number of hydrogen-bond acceptors (Lipinski definition) is 6. The summed E-state index contributed by atoms with van der Waals surface area (Å²) in [5.41, 5.74) is 6.86. The minimum absolute atomic E-state index is 0.302. The Morgan fingerprint density at radius 3 is 2.71 bits per heavy atom. The van der Waals surface area contributed by atoms with Crippen molar-refractivity contribution < 1.29 is 4.52 Å². The predicted molar refractivity (Wildman–Crippen MR) is 49.2 cm³/mol. The Balaban J connectivity index is 2.55. The first-order chi connectivity index (χ1) is 6.66. The zero-order chi connectivity index (χ0) is 10.1. The predicted octanol–water partition coefficient (Wildman–Crippen LogP) is 0.726. The minimum atomic E-state index is 0.302. The van der Waals surface area contributed by atoms with Crippen molar-refractivity contribution in [3.05, 3.63) is 17.8 Å². The van der Waals surface area contributed by atoms with Gasteiger partial charge in [-0.1, -0.05) is 5.16 Å². The number of nitrogens with zero attached hydrogens (tertiary/aromatic N) is 4. The molecule has 72 valence electrons. The Morgan fingerprint density at radius 2 is 2.07 bits per heavy atom. The van der Waals surface area contributed by atoms with Crippen molar-refractivity contribution in [2.45, 2.75) is 13.8 Å². The molecule has 0 aromatic carbocycles. The van der Waals surface area contributed by atoms with Crippen molar-refractivity contribution in [3.8, 4) is 11.5 Å². The van der Waals surface area contributed by atoms with Gasteiger partial charge < -0.3 is 10.3 Å². The molecule has 6 heteroatoms. The van der Waals surface area contributed by atoms with Gasteiger partial charge in [-0.3, -0.25) is 0 Å². The first kappa shape index (κ1) is 8.61. The summed E-state index contributed by atoms with van der Waals surface area (Å²) in [4.78, 5) is 12.2. The van der Waals surface area contributed by atoms with Gasteiger partial charge in [0.15, 0.2) is 11.5 Å². The maximum absolute atomic E-state index is 5.64. The lowest BCUT2D eigenvalue weighted by Crippen LogP contribution is -1.99. The smallest absolute Gasteiger partial charge is 0.224 e. The molecular formula is C8H9N5O. The standard InChI is InChI=1S/C8H9N5O/c1-4-3-10-7(9)6(11-4)8-12-5(2)14-13-8/h3H,1-2H3,(H2,9,10). The average molecular weight is 191 g/mol. The van der Waals surface area contributed by atoms with Crippen molar-refractivity contribution in [1.82, 2.24) is 20.1 Å². The summed E-state index contributed by atoms with van der Waals surface area (Å²) in [6, 6.07) is 0. The monoisotopic (exact) mass is 191 g/mol. The lowest BCUT2D eigenvalue weighted by atomic mass is 10.3. The third-order valence-corrected chi connectivity index (χ3v) is 1.66. The quantitative estimate of drug-likeness (QED) is 0.714. The van der Waals surface area contributed by atoms with Crippen LogP contribution in [0.15, 0.2) is 10.7 Å². The molecule has 0 aliphatic rings. The topological polar surface area (TPSA) is 90.7 Å². The van der Waals surface area contributed by atoms with Gasteiger partial charge in [-0.2, -0.15) is 4.98 Å². The lowest BCUT2D eigenvalue weighted by Gasteiger charge is -1.98. The van der Waals surface area contributed by atoms with Gasteiger partial charge in [-0.05, 0) is 6.92 Å². The number of anilines is 1. The molecule has 0 amide bonds. The number of rotatable bonds is 1. The van der Waals surface area contributed by atoms with E-state index in [4.69, 9.17) is 10.3 Å². The molecule has 2 rings (SSSR count). The summed E-state index contributed by atoms with van der Waals surface area (Å²) in [6.07, 6.45) is 1.59. The zero-order valence-corrected chi connectivity index (χ0v) is 7.85. The molecule has 14 heavy (non-hydrogen) atoms. The molecule has 0 radical (unpaired) electrons. The molecule has 0 saturated heterocycles. The molecule has 0 spiro atoms. The van der Waals surface area contributed by atoms with E-state index in [9.17, 15) is 0 Å². The van der Waals surface area contributed by atoms with E-state index in [0.29, 0.717) is 23.2 Å². The maximum Gasteiger partial charge on any atom is 0.224 e. The van der Waals surface area contributed by atoms with Crippen LogP contribution in [-0.2, 0) is 0 Å². The van der Waals surface area contributed by atoms with Gasteiger partial charge in [0.1, 0.15) is 0 Å². The van der Waals surface area contributed by atoms with Crippen molar-refractivity contribution in [3.63, 3.8) is 0 Å². The summed E-state index contributed by atoms with van der Waals surface area (Å²) >= 11 is 0. The number of nitrogens with two attached hydrogens (primary N) is 1. The molecule has 0 aliphatic heterocycles. The summed E-state index contributed by atoms with van der Waals surface area (Å²) in [7, 11) is 0. The van der Waals surface area contributed by atoms with E-state index in [0.717, 1.165) is 5.69 Å². The fourth-order valence-electron chi connectivity index (χ4n) is 1.05. The van der Waals surface area contributed by atoms with Gasteiger partial charge in [0.05, 0.1) is 11.9 Å². The maximum atomic E-state index is 5.64. The Bertz CT molecular complexity index is 465.